The number of carbonyl (C=O) groups excluding carboxylic acids is 2. The van der Waals surface area contributed by atoms with E-state index in [4.69, 9.17) is 10.8 Å². The molecule has 1 amide bonds. The molecule has 6 nitrogen and oxygen atoms in total. The summed E-state index contributed by atoms with van der Waals surface area (Å²) in [4.78, 5) is 31.3. The molecule has 0 fully saturated rings. The van der Waals surface area contributed by atoms with Gasteiger partial charge in [-0.2, -0.15) is 0 Å². The zero-order valence-electron chi connectivity index (χ0n) is 7.73. The van der Waals surface area contributed by atoms with Crippen molar-refractivity contribution in [2.24, 2.45) is 5.73 Å². The minimum Gasteiger partial charge on any atom is -0.481 e. The predicted molar refractivity (Wildman–Crippen MR) is 48.5 cm³/mol. The van der Waals surface area contributed by atoms with Crippen LogP contribution in [0.4, 0.5) is 0 Å². The van der Waals surface area contributed by atoms with Gasteiger partial charge in [0.1, 0.15) is 6.29 Å². The topological polar surface area (TPSA) is 109 Å². The third-order valence-corrected chi connectivity index (χ3v) is 1.60. The van der Waals surface area contributed by atoms with E-state index in [0.717, 1.165) is 0 Å². The fourth-order valence-electron chi connectivity index (χ4n) is 0.913. The summed E-state index contributed by atoms with van der Waals surface area (Å²) >= 11 is 0. The van der Waals surface area contributed by atoms with E-state index in [-0.39, 0.29) is 13.0 Å². The SMILES string of the molecule is NCC(=O)NC(C=O)CCCC(=O)O. The Morgan fingerprint density at radius 1 is 1.50 bits per heavy atom. The maximum atomic E-state index is 10.8. The first-order valence-electron chi connectivity index (χ1n) is 4.26. The molecule has 80 valence electrons. The summed E-state index contributed by atoms with van der Waals surface area (Å²) < 4.78 is 0. The number of carbonyl (C=O) groups is 3. The number of hydrogen-bond donors (Lipinski definition) is 3. The summed E-state index contributed by atoms with van der Waals surface area (Å²) in [6.45, 7) is -0.177. The van der Waals surface area contributed by atoms with Crippen LogP contribution in [0.25, 0.3) is 0 Å². The molecule has 0 radical (unpaired) electrons. The zero-order chi connectivity index (χ0) is 11.0. The fraction of sp³-hybridized carbons (Fsp3) is 0.625. The second kappa shape index (κ2) is 7.02. The fourth-order valence-corrected chi connectivity index (χ4v) is 0.913. The lowest BCUT2D eigenvalue weighted by Crippen LogP contribution is -2.39. The van der Waals surface area contributed by atoms with Gasteiger partial charge in [-0.25, -0.2) is 0 Å². The molecule has 6 heteroatoms. The number of amides is 1. The van der Waals surface area contributed by atoms with Gasteiger partial charge >= 0.3 is 5.97 Å². The molecule has 4 N–H and O–H groups in total. The molecule has 0 heterocycles. The van der Waals surface area contributed by atoms with E-state index >= 15 is 0 Å². The number of aliphatic carboxylic acids is 1. The standard InChI is InChI=1S/C8H14N2O4/c9-4-7(12)10-6(5-11)2-1-3-8(13)14/h5-6H,1-4,9H2,(H,10,12)(H,13,14). The van der Waals surface area contributed by atoms with Gasteiger partial charge < -0.3 is 21.0 Å². The molecule has 0 aromatic heterocycles. The Kier molecular flexibility index (Phi) is 6.30. The van der Waals surface area contributed by atoms with Gasteiger partial charge in [-0.15, -0.1) is 0 Å². The zero-order valence-corrected chi connectivity index (χ0v) is 7.73. The lowest BCUT2D eigenvalue weighted by atomic mass is 10.1. The lowest BCUT2D eigenvalue weighted by Gasteiger charge is -2.10. The maximum Gasteiger partial charge on any atom is 0.303 e. The van der Waals surface area contributed by atoms with E-state index in [1.54, 1.807) is 0 Å². The van der Waals surface area contributed by atoms with E-state index in [2.05, 4.69) is 5.32 Å². The van der Waals surface area contributed by atoms with E-state index in [1.807, 2.05) is 0 Å². The molecule has 0 rings (SSSR count). The molecule has 0 aliphatic heterocycles. The van der Waals surface area contributed by atoms with Crippen LogP contribution in [0.5, 0.6) is 0 Å². The highest BCUT2D eigenvalue weighted by molar-refractivity contribution is 5.81. The normalized spacial score (nSPS) is 11.8. The highest BCUT2D eigenvalue weighted by atomic mass is 16.4. The monoisotopic (exact) mass is 202 g/mol. The Morgan fingerprint density at radius 3 is 2.57 bits per heavy atom. The third-order valence-electron chi connectivity index (χ3n) is 1.60. The van der Waals surface area contributed by atoms with Crippen molar-refractivity contribution in [1.29, 1.82) is 0 Å². The van der Waals surface area contributed by atoms with Crippen molar-refractivity contribution < 1.29 is 19.5 Å². The van der Waals surface area contributed by atoms with Crippen molar-refractivity contribution in [2.75, 3.05) is 6.54 Å². The van der Waals surface area contributed by atoms with Crippen LogP contribution in [0.3, 0.4) is 0 Å². The van der Waals surface area contributed by atoms with E-state index in [1.165, 1.54) is 0 Å². The maximum absolute atomic E-state index is 10.8. The summed E-state index contributed by atoms with van der Waals surface area (Å²) in [6.07, 6.45) is 1.24. The molecule has 1 atom stereocenters. The number of rotatable bonds is 7. The number of aldehydes is 1. The van der Waals surface area contributed by atoms with Crippen molar-refractivity contribution >= 4 is 18.2 Å². The quantitative estimate of drug-likeness (QED) is 0.453. The van der Waals surface area contributed by atoms with E-state index in [9.17, 15) is 14.4 Å². The van der Waals surface area contributed by atoms with E-state index < -0.39 is 17.9 Å². The Labute approximate surface area is 81.5 Å². The van der Waals surface area contributed by atoms with Crippen LogP contribution in [0, 0.1) is 0 Å². The van der Waals surface area contributed by atoms with E-state index in [0.29, 0.717) is 19.1 Å². The second-order valence-electron chi connectivity index (χ2n) is 2.80. The molecular formula is C8H14N2O4. The van der Waals surface area contributed by atoms with Gasteiger partial charge in [-0.1, -0.05) is 0 Å². The molecule has 0 aliphatic carbocycles. The number of nitrogens with two attached hydrogens (primary N) is 1. The van der Waals surface area contributed by atoms with Crippen molar-refractivity contribution in [3.8, 4) is 0 Å². The Hall–Kier alpha value is -1.43. The average Bonchev–Trinajstić information content (AvgIpc) is 2.15. The van der Waals surface area contributed by atoms with Crippen molar-refractivity contribution in [3.63, 3.8) is 0 Å². The van der Waals surface area contributed by atoms with Crippen molar-refractivity contribution in [2.45, 2.75) is 25.3 Å². The minimum absolute atomic E-state index is 0.0111. The second-order valence-corrected chi connectivity index (χ2v) is 2.80. The Bertz CT molecular complexity index is 217. The van der Waals surface area contributed by atoms with Gasteiger partial charge in [0.15, 0.2) is 0 Å². The van der Waals surface area contributed by atoms with Gasteiger partial charge in [0.05, 0.1) is 12.6 Å². The average molecular weight is 202 g/mol. The van der Waals surface area contributed by atoms with Gasteiger partial charge in [-0.05, 0) is 12.8 Å². The predicted octanol–water partition coefficient (Wildman–Crippen LogP) is -1.12. The number of nitrogens with one attached hydrogen (secondary N) is 1. The minimum atomic E-state index is -0.917. The van der Waals surface area contributed by atoms with Crippen LogP contribution in [0.2, 0.25) is 0 Å². The molecule has 0 aliphatic rings. The molecule has 0 aromatic rings. The third kappa shape index (κ3) is 6.13. The Morgan fingerprint density at radius 2 is 2.14 bits per heavy atom. The summed E-state index contributed by atoms with van der Waals surface area (Å²) in [6, 6.07) is -0.634. The molecule has 0 spiro atoms. The van der Waals surface area contributed by atoms with Gasteiger partial charge in [0.25, 0.3) is 0 Å². The molecule has 0 aromatic carbocycles. The van der Waals surface area contributed by atoms with Crippen molar-refractivity contribution in [1.82, 2.24) is 5.32 Å². The van der Waals surface area contributed by atoms with Gasteiger partial charge in [0, 0.05) is 6.42 Å². The molecule has 14 heavy (non-hydrogen) atoms. The summed E-state index contributed by atoms with van der Waals surface area (Å²) in [7, 11) is 0. The first-order chi connectivity index (χ1) is 6.60. The van der Waals surface area contributed by atoms with Gasteiger partial charge in [0.2, 0.25) is 5.91 Å². The van der Waals surface area contributed by atoms with Crippen LogP contribution in [0.1, 0.15) is 19.3 Å². The summed E-state index contributed by atoms with van der Waals surface area (Å²) in [5, 5.41) is 10.7. The number of carboxylic acids is 1. The number of carboxylic acid groups (broad SMARTS) is 1. The first kappa shape index (κ1) is 12.6. The first-order valence-corrected chi connectivity index (χ1v) is 4.26. The number of hydrogen-bond acceptors (Lipinski definition) is 4. The van der Waals surface area contributed by atoms with Crippen LogP contribution < -0.4 is 11.1 Å². The molecule has 1 unspecified atom stereocenters. The largest absolute Gasteiger partial charge is 0.481 e. The molecule has 0 bridgehead atoms. The smallest absolute Gasteiger partial charge is 0.303 e. The van der Waals surface area contributed by atoms with Gasteiger partial charge in [-0.3, -0.25) is 9.59 Å². The lowest BCUT2D eigenvalue weighted by molar-refractivity contribution is -0.137. The highest BCUT2D eigenvalue weighted by Gasteiger charge is 2.10. The van der Waals surface area contributed by atoms with Crippen molar-refractivity contribution in [3.05, 3.63) is 0 Å². The molecule has 0 saturated heterocycles. The van der Waals surface area contributed by atoms with Crippen LogP contribution in [-0.4, -0.2) is 35.9 Å². The highest BCUT2D eigenvalue weighted by Crippen LogP contribution is 1.98. The Balaban J connectivity index is 3.74. The molecule has 0 saturated carbocycles. The van der Waals surface area contributed by atoms with Crippen LogP contribution in [-0.2, 0) is 14.4 Å². The molecular weight excluding hydrogens is 188 g/mol. The van der Waals surface area contributed by atoms with Crippen LogP contribution in [0.15, 0.2) is 0 Å². The van der Waals surface area contributed by atoms with Crippen LogP contribution >= 0.6 is 0 Å². The summed E-state index contributed by atoms with van der Waals surface area (Å²) in [5.74, 6) is -1.34. The summed E-state index contributed by atoms with van der Waals surface area (Å²) in [5.41, 5.74) is 5.03.